The van der Waals surface area contributed by atoms with Gasteiger partial charge in [-0.1, -0.05) is 0 Å². The number of hydrogen-bond acceptors (Lipinski definition) is 6. The SMILES string of the molecule is CC(C)n1c(=O)n(CC2CC2)c(=O)c2cc(NC(=O)N3CCN(C)C(C(=O)Nc4ccc(C#N)c(F)c4)C3)ccc21. The van der Waals surface area contributed by atoms with E-state index in [1.54, 1.807) is 35.9 Å². The predicted molar refractivity (Wildman–Crippen MR) is 152 cm³/mol. The first-order valence-corrected chi connectivity index (χ1v) is 13.6. The molecule has 2 N–H and O–H groups in total. The van der Waals surface area contributed by atoms with Gasteiger partial charge in [-0.25, -0.2) is 14.0 Å². The van der Waals surface area contributed by atoms with Crippen LogP contribution in [0.5, 0.6) is 0 Å². The Hall–Kier alpha value is -4.50. The van der Waals surface area contributed by atoms with E-state index in [-0.39, 0.29) is 35.1 Å². The quantitative estimate of drug-likeness (QED) is 0.476. The standard InChI is InChI=1S/C29H32FN7O4/c1-17(2)37-24-9-8-20(12-22(24)27(39)36(29(37)41)15-18-4-5-18)33-28(40)35-11-10-34(3)25(16-35)26(38)32-21-7-6-19(14-31)23(30)13-21/h6-9,12-13,17-18,25H,4-5,10-11,15-16H2,1-3H3,(H,32,38)(H,33,40). The number of hydrogen-bond donors (Lipinski definition) is 2. The van der Waals surface area contributed by atoms with Crippen molar-refractivity contribution < 1.29 is 14.0 Å². The maximum absolute atomic E-state index is 14.0. The number of likely N-dealkylation sites (N-methyl/N-ethyl adjacent to an activating group) is 1. The molecule has 41 heavy (non-hydrogen) atoms. The first kappa shape index (κ1) is 28.0. The number of nitrogens with one attached hydrogen (secondary N) is 2. The molecule has 1 saturated carbocycles. The molecule has 1 saturated heterocycles. The monoisotopic (exact) mass is 561 g/mol. The van der Waals surface area contributed by atoms with Gasteiger partial charge in [-0.15, -0.1) is 0 Å². The zero-order valence-electron chi connectivity index (χ0n) is 23.2. The van der Waals surface area contributed by atoms with E-state index < -0.39 is 23.8 Å². The Morgan fingerprint density at radius 2 is 1.78 bits per heavy atom. The highest BCUT2D eigenvalue weighted by Gasteiger charge is 2.33. The molecule has 1 unspecified atom stereocenters. The normalized spacial score (nSPS) is 17.5. The summed E-state index contributed by atoms with van der Waals surface area (Å²) in [4.78, 5) is 56.0. The maximum atomic E-state index is 14.0. The first-order valence-electron chi connectivity index (χ1n) is 13.6. The largest absolute Gasteiger partial charge is 0.331 e. The van der Waals surface area contributed by atoms with Gasteiger partial charge in [-0.3, -0.25) is 23.6 Å². The second-order valence-corrected chi connectivity index (χ2v) is 11.0. The molecule has 11 nitrogen and oxygen atoms in total. The third kappa shape index (κ3) is 5.71. The summed E-state index contributed by atoms with van der Waals surface area (Å²) in [5.74, 6) is -0.814. The Kier molecular flexibility index (Phi) is 7.64. The number of carbonyl (C=O) groups is 2. The van der Waals surface area contributed by atoms with Crippen LogP contribution in [0.4, 0.5) is 20.6 Å². The lowest BCUT2D eigenvalue weighted by Gasteiger charge is -2.38. The van der Waals surface area contributed by atoms with Crippen molar-refractivity contribution in [2.75, 3.05) is 37.3 Å². The molecule has 1 aromatic heterocycles. The van der Waals surface area contributed by atoms with Crippen LogP contribution in [-0.2, 0) is 11.3 Å². The van der Waals surface area contributed by atoms with Gasteiger partial charge in [0.25, 0.3) is 5.56 Å². The van der Waals surface area contributed by atoms with Crippen LogP contribution in [0.25, 0.3) is 10.9 Å². The molecule has 0 radical (unpaired) electrons. The van der Waals surface area contributed by atoms with E-state index in [4.69, 9.17) is 5.26 Å². The predicted octanol–water partition coefficient (Wildman–Crippen LogP) is 2.95. The Balaban J connectivity index is 1.34. The summed E-state index contributed by atoms with van der Waals surface area (Å²) in [6.45, 7) is 5.04. The number of urea groups is 1. The average Bonchev–Trinajstić information content (AvgIpc) is 3.76. The molecule has 2 fully saturated rings. The fourth-order valence-corrected chi connectivity index (χ4v) is 5.13. The van der Waals surface area contributed by atoms with Gasteiger partial charge in [-0.2, -0.15) is 5.26 Å². The highest BCUT2D eigenvalue weighted by molar-refractivity contribution is 5.97. The molecule has 2 heterocycles. The van der Waals surface area contributed by atoms with Crippen LogP contribution in [0.1, 0.15) is 38.3 Å². The molecule has 12 heteroatoms. The maximum Gasteiger partial charge on any atom is 0.331 e. The fourth-order valence-electron chi connectivity index (χ4n) is 5.13. The lowest BCUT2D eigenvalue weighted by molar-refractivity contribution is -0.122. The van der Waals surface area contributed by atoms with Gasteiger partial charge < -0.3 is 15.5 Å². The Bertz CT molecular complexity index is 1690. The summed E-state index contributed by atoms with van der Waals surface area (Å²) >= 11 is 0. The number of carbonyl (C=O) groups excluding carboxylic acids is 2. The van der Waals surface area contributed by atoms with Crippen molar-refractivity contribution in [2.24, 2.45) is 5.92 Å². The molecule has 5 rings (SSSR count). The molecule has 0 spiro atoms. The minimum Gasteiger partial charge on any atom is -0.325 e. The lowest BCUT2D eigenvalue weighted by atomic mass is 10.1. The number of anilines is 2. The number of nitriles is 1. The summed E-state index contributed by atoms with van der Waals surface area (Å²) in [5, 5.41) is 14.8. The van der Waals surface area contributed by atoms with E-state index >= 15 is 0 Å². The van der Waals surface area contributed by atoms with Crippen LogP contribution in [0.15, 0.2) is 46.0 Å². The Labute approximate surface area is 235 Å². The molecule has 2 aromatic carbocycles. The number of halogens is 1. The van der Waals surface area contributed by atoms with Crippen molar-refractivity contribution in [2.45, 2.75) is 45.3 Å². The summed E-state index contributed by atoms with van der Waals surface area (Å²) in [5.41, 5.74) is 0.302. The molecule has 2 aliphatic rings. The van der Waals surface area contributed by atoms with Crippen LogP contribution in [0, 0.1) is 23.1 Å². The van der Waals surface area contributed by atoms with Crippen LogP contribution in [0.3, 0.4) is 0 Å². The average molecular weight is 562 g/mol. The van der Waals surface area contributed by atoms with Crippen LogP contribution >= 0.6 is 0 Å². The minimum absolute atomic E-state index is 0.0849. The van der Waals surface area contributed by atoms with Gasteiger partial charge in [-0.05, 0) is 76.1 Å². The molecule has 1 aliphatic heterocycles. The van der Waals surface area contributed by atoms with E-state index in [9.17, 15) is 23.6 Å². The molecular formula is C29H32FN7O4. The number of aromatic nitrogens is 2. The van der Waals surface area contributed by atoms with Gasteiger partial charge >= 0.3 is 11.7 Å². The van der Waals surface area contributed by atoms with E-state index in [0.717, 1.165) is 18.9 Å². The highest BCUT2D eigenvalue weighted by atomic mass is 19.1. The minimum atomic E-state index is -0.733. The van der Waals surface area contributed by atoms with E-state index in [2.05, 4.69) is 10.6 Å². The summed E-state index contributed by atoms with van der Waals surface area (Å²) in [7, 11) is 1.77. The van der Waals surface area contributed by atoms with Crippen molar-refractivity contribution in [3.8, 4) is 6.07 Å². The first-order chi connectivity index (χ1) is 19.6. The van der Waals surface area contributed by atoms with Gasteiger partial charge in [0.05, 0.1) is 16.5 Å². The third-order valence-electron chi connectivity index (χ3n) is 7.67. The van der Waals surface area contributed by atoms with E-state index in [1.807, 2.05) is 18.7 Å². The smallest absolute Gasteiger partial charge is 0.325 e. The zero-order chi connectivity index (χ0) is 29.4. The van der Waals surface area contributed by atoms with Gasteiger partial charge in [0.1, 0.15) is 17.9 Å². The number of fused-ring (bicyclic) bond motifs is 1. The molecule has 1 aliphatic carbocycles. The number of amides is 3. The Morgan fingerprint density at radius 1 is 1.07 bits per heavy atom. The topological polar surface area (TPSA) is 132 Å². The summed E-state index contributed by atoms with van der Waals surface area (Å²) in [6, 6.07) is 9.20. The lowest BCUT2D eigenvalue weighted by Crippen LogP contribution is -2.58. The van der Waals surface area contributed by atoms with Gasteiger partial charge in [0.15, 0.2) is 0 Å². The molecular weight excluding hydrogens is 529 g/mol. The van der Waals surface area contributed by atoms with Crippen LogP contribution in [-0.4, -0.2) is 63.6 Å². The fraction of sp³-hybridized carbons (Fsp3) is 0.414. The number of nitrogens with zero attached hydrogens (tertiary/aromatic N) is 5. The van der Waals surface area contributed by atoms with E-state index in [0.29, 0.717) is 42.1 Å². The summed E-state index contributed by atoms with van der Waals surface area (Å²) in [6.07, 6.45) is 1.99. The number of rotatable bonds is 6. The van der Waals surface area contributed by atoms with Crippen molar-refractivity contribution >= 4 is 34.2 Å². The number of benzene rings is 2. The van der Waals surface area contributed by atoms with Crippen molar-refractivity contribution in [1.29, 1.82) is 5.26 Å². The van der Waals surface area contributed by atoms with Crippen molar-refractivity contribution in [3.63, 3.8) is 0 Å². The van der Waals surface area contributed by atoms with Gasteiger partial charge in [0.2, 0.25) is 5.91 Å². The third-order valence-corrected chi connectivity index (χ3v) is 7.67. The molecule has 214 valence electrons. The van der Waals surface area contributed by atoms with E-state index in [1.165, 1.54) is 21.6 Å². The highest BCUT2D eigenvalue weighted by Crippen LogP contribution is 2.30. The van der Waals surface area contributed by atoms with Crippen LogP contribution < -0.4 is 21.9 Å². The van der Waals surface area contributed by atoms with Crippen molar-refractivity contribution in [3.05, 3.63) is 68.6 Å². The molecule has 1 atom stereocenters. The molecule has 3 amide bonds. The van der Waals surface area contributed by atoms with Gasteiger partial charge in [0, 0.05) is 43.6 Å². The second kappa shape index (κ2) is 11.2. The molecule has 3 aromatic rings. The number of piperazine rings is 1. The summed E-state index contributed by atoms with van der Waals surface area (Å²) < 4.78 is 16.9. The Morgan fingerprint density at radius 3 is 2.44 bits per heavy atom. The van der Waals surface area contributed by atoms with Crippen LogP contribution in [0.2, 0.25) is 0 Å². The zero-order valence-corrected chi connectivity index (χ0v) is 23.2. The van der Waals surface area contributed by atoms with Crippen molar-refractivity contribution in [1.82, 2.24) is 18.9 Å². The molecule has 0 bridgehead atoms. The second-order valence-electron chi connectivity index (χ2n) is 11.0.